The lowest BCUT2D eigenvalue weighted by atomic mass is 10.2. The zero-order valence-electron chi connectivity index (χ0n) is 9.36. The number of carbonyl (C=O) groups is 2. The van der Waals surface area contributed by atoms with E-state index >= 15 is 0 Å². The summed E-state index contributed by atoms with van der Waals surface area (Å²) >= 11 is 0. The molecule has 0 aromatic heterocycles. The number of esters is 1. The van der Waals surface area contributed by atoms with E-state index in [1.165, 1.54) is 6.08 Å². The molecule has 1 aliphatic carbocycles. The van der Waals surface area contributed by atoms with Crippen molar-refractivity contribution >= 4 is 11.9 Å². The molecule has 1 rings (SSSR count). The van der Waals surface area contributed by atoms with Crippen LogP contribution in [0.1, 0.15) is 32.6 Å². The van der Waals surface area contributed by atoms with E-state index in [9.17, 15) is 9.59 Å². The second-order valence-corrected chi connectivity index (χ2v) is 3.97. The van der Waals surface area contributed by atoms with E-state index in [1.54, 1.807) is 0 Å². The highest BCUT2D eigenvalue weighted by Gasteiger charge is 2.45. The minimum Gasteiger partial charge on any atom is -0.478 e. The van der Waals surface area contributed by atoms with Gasteiger partial charge in [-0.05, 0) is 25.7 Å². The Morgan fingerprint density at radius 1 is 1.50 bits per heavy atom. The Bertz CT molecular complexity index is 337. The van der Waals surface area contributed by atoms with E-state index in [-0.39, 0.29) is 17.6 Å². The summed E-state index contributed by atoms with van der Waals surface area (Å²) in [7, 11) is 0. The minimum absolute atomic E-state index is 0.213. The molecular weight excluding hydrogens is 208 g/mol. The fourth-order valence-corrected chi connectivity index (χ4v) is 1.32. The SMILES string of the molecule is C=C(CC=CC(=O)O)C(=O)OC1(CC)CC1. The third-order valence-corrected chi connectivity index (χ3v) is 2.67. The lowest BCUT2D eigenvalue weighted by molar-refractivity contribution is -0.146. The molecule has 1 N–H and O–H groups in total. The van der Waals surface area contributed by atoms with E-state index in [0.29, 0.717) is 0 Å². The van der Waals surface area contributed by atoms with Crippen LogP contribution in [-0.2, 0) is 14.3 Å². The molecule has 0 atom stereocenters. The van der Waals surface area contributed by atoms with Gasteiger partial charge < -0.3 is 9.84 Å². The van der Waals surface area contributed by atoms with Crippen LogP contribution in [0.15, 0.2) is 24.3 Å². The summed E-state index contributed by atoms with van der Waals surface area (Å²) in [5, 5.41) is 8.37. The predicted octanol–water partition coefficient (Wildman–Crippen LogP) is 2.06. The lowest BCUT2D eigenvalue weighted by Crippen LogP contribution is -2.19. The Morgan fingerprint density at radius 3 is 2.56 bits per heavy atom. The normalized spacial score (nSPS) is 17.1. The van der Waals surface area contributed by atoms with Gasteiger partial charge in [0.15, 0.2) is 0 Å². The van der Waals surface area contributed by atoms with Crippen LogP contribution in [0, 0.1) is 0 Å². The third-order valence-electron chi connectivity index (χ3n) is 2.67. The van der Waals surface area contributed by atoms with Gasteiger partial charge in [-0.2, -0.15) is 0 Å². The topological polar surface area (TPSA) is 63.6 Å². The van der Waals surface area contributed by atoms with Gasteiger partial charge in [0.05, 0.1) is 0 Å². The molecule has 0 aliphatic heterocycles. The molecule has 0 bridgehead atoms. The Kier molecular flexibility index (Phi) is 3.88. The van der Waals surface area contributed by atoms with Crippen LogP contribution < -0.4 is 0 Å². The number of allylic oxidation sites excluding steroid dienone is 1. The fraction of sp³-hybridized carbons (Fsp3) is 0.500. The van der Waals surface area contributed by atoms with Crippen molar-refractivity contribution in [2.45, 2.75) is 38.2 Å². The molecule has 16 heavy (non-hydrogen) atoms. The van der Waals surface area contributed by atoms with Gasteiger partial charge in [-0.15, -0.1) is 0 Å². The summed E-state index contributed by atoms with van der Waals surface area (Å²) < 4.78 is 5.30. The molecule has 0 heterocycles. The van der Waals surface area contributed by atoms with Gasteiger partial charge in [0.2, 0.25) is 0 Å². The van der Waals surface area contributed by atoms with Gasteiger partial charge in [0, 0.05) is 11.6 Å². The molecule has 0 aromatic carbocycles. The van der Waals surface area contributed by atoms with Gasteiger partial charge in [0.1, 0.15) is 5.60 Å². The number of aliphatic carboxylic acids is 1. The summed E-state index contributed by atoms with van der Waals surface area (Å²) in [4.78, 5) is 21.7. The molecular formula is C12H16O4. The summed E-state index contributed by atoms with van der Waals surface area (Å²) in [6.07, 6.45) is 5.23. The van der Waals surface area contributed by atoms with Gasteiger partial charge in [0.25, 0.3) is 0 Å². The fourth-order valence-electron chi connectivity index (χ4n) is 1.32. The smallest absolute Gasteiger partial charge is 0.334 e. The van der Waals surface area contributed by atoms with E-state index in [0.717, 1.165) is 25.3 Å². The maximum atomic E-state index is 11.5. The number of ether oxygens (including phenoxy) is 1. The van der Waals surface area contributed by atoms with Gasteiger partial charge >= 0.3 is 11.9 Å². The number of carboxylic acid groups (broad SMARTS) is 1. The van der Waals surface area contributed by atoms with Crippen molar-refractivity contribution in [2.24, 2.45) is 0 Å². The second-order valence-electron chi connectivity index (χ2n) is 3.97. The van der Waals surface area contributed by atoms with Gasteiger partial charge in [-0.1, -0.05) is 19.6 Å². The van der Waals surface area contributed by atoms with Crippen LogP contribution in [0.4, 0.5) is 0 Å². The summed E-state index contributed by atoms with van der Waals surface area (Å²) in [5.74, 6) is -1.46. The number of hydrogen-bond donors (Lipinski definition) is 1. The monoisotopic (exact) mass is 224 g/mol. The highest BCUT2D eigenvalue weighted by Crippen LogP contribution is 2.42. The molecule has 0 amide bonds. The first kappa shape index (κ1) is 12.5. The van der Waals surface area contributed by atoms with E-state index in [2.05, 4.69) is 6.58 Å². The molecule has 4 heteroatoms. The van der Waals surface area contributed by atoms with Crippen LogP contribution in [0.3, 0.4) is 0 Å². The Hall–Kier alpha value is -1.58. The molecule has 1 saturated carbocycles. The molecule has 0 aromatic rings. The van der Waals surface area contributed by atoms with E-state index < -0.39 is 11.9 Å². The first-order valence-electron chi connectivity index (χ1n) is 5.30. The largest absolute Gasteiger partial charge is 0.478 e. The minimum atomic E-state index is -1.03. The van der Waals surface area contributed by atoms with Crippen LogP contribution in [0.5, 0.6) is 0 Å². The maximum Gasteiger partial charge on any atom is 0.334 e. The standard InChI is InChI=1S/C12H16O4/c1-3-12(7-8-12)16-11(15)9(2)5-4-6-10(13)14/h4,6H,2-3,5,7-8H2,1H3,(H,13,14). The second kappa shape index (κ2) is 4.96. The van der Waals surface area contributed by atoms with Crippen molar-refractivity contribution in [1.82, 2.24) is 0 Å². The van der Waals surface area contributed by atoms with Crippen molar-refractivity contribution in [3.05, 3.63) is 24.3 Å². The Balaban J connectivity index is 2.37. The molecule has 0 saturated heterocycles. The van der Waals surface area contributed by atoms with Crippen LogP contribution in [-0.4, -0.2) is 22.6 Å². The lowest BCUT2D eigenvalue weighted by Gasteiger charge is -2.14. The average molecular weight is 224 g/mol. The highest BCUT2D eigenvalue weighted by molar-refractivity contribution is 5.89. The van der Waals surface area contributed by atoms with Crippen LogP contribution in [0.2, 0.25) is 0 Å². The molecule has 1 fully saturated rings. The third kappa shape index (κ3) is 3.53. The van der Waals surface area contributed by atoms with Crippen molar-refractivity contribution < 1.29 is 19.4 Å². The molecule has 4 nitrogen and oxygen atoms in total. The van der Waals surface area contributed by atoms with Crippen LogP contribution in [0.25, 0.3) is 0 Å². The molecule has 0 spiro atoms. The zero-order chi connectivity index (χ0) is 12.2. The Morgan fingerprint density at radius 2 is 2.12 bits per heavy atom. The van der Waals surface area contributed by atoms with Crippen molar-refractivity contribution in [1.29, 1.82) is 0 Å². The van der Waals surface area contributed by atoms with Crippen molar-refractivity contribution in [3.63, 3.8) is 0 Å². The Labute approximate surface area is 94.6 Å². The molecule has 0 radical (unpaired) electrons. The first-order chi connectivity index (χ1) is 7.49. The molecule has 0 unspecified atom stereocenters. The first-order valence-corrected chi connectivity index (χ1v) is 5.30. The van der Waals surface area contributed by atoms with Crippen molar-refractivity contribution in [3.8, 4) is 0 Å². The summed E-state index contributed by atoms with van der Waals surface area (Å²) in [5.41, 5.74) is 0.0218. The van der Waals surface area contributed by atoms with Crippen LogP contribution >= 0.6 is 0 Å². The number of hydrogen-bond acceptors (Lipinski definition) is 3. The quantitative estimate of drug-likeness (QED) is 0.554. The average Bonchev–Trinajstić information content (AvgIpc) is 2.97. The van der Waals surface area contributed by atoms with E-state index in [1.807, 2.05) is 6.92 Å². The zero-order valence-corrected chi connectivity index (χ0v) is 9.36. The number of carbonyl (C=O) groups excluding carboxylic acids is 1. The maximum absolute atomic E-state index is 11.5. The predicted molar refractivity (Wildman–Crippen MR) is 58.9 cm³/mol. The summed E-state index contributed by atoms with van der Waals surface area (Å²) in [6.45, 7) is 5.56. The van der Waals surface area contributed by atoms with Gasteiger partial charge in [-0.25, -0.2) is 9.59 Å². The number of rotatable bonds is 6. The number of carboxylic acids is 1. The van der Waals surface area contributed by atoms with Gasteiger partial charge in [-0.3, -0.25) is 0 Å². The summed E-state index contributed by atoms with van der Waals surface area (Å²) in [6, 6.07) is 0. The molecule has 1 aliphatic rings. The highest BCUT2D eigenvalue weighted by atomic mass is 16.6. The van der Waals surface area contributed by atoms with Crippen molar-refractivity contribution in [2.75, 3.05) is 0 Å². The van der Waals surface area contributed by atoms with E-state index in [4.69, 9.17) is 9.84 Å². The molecule has 88 valence electrons.